The zero-order valence-corrected chi connectivity index (χ0v) is 15.2. The summed E-state index contributed by atoms with van der Waals surface area (Å²) < 4.78 is 5.01. The number of rotatable bonds is 5. The Bertz CT molecular complexity index is 720. The summed E-state index contributed by atoms with van der Waals surface area (Å²) in [5.74, 6) is 1.16. The summed E-state index contributed by atoms with van der Waals surface area (Å²) >= 11 is 0. The van der Waals surface area contributed by atoms with Gasteiger partial charge < -0.3 is 14.7 Å². The zero-order chi connectivity index (χ0) is 17.8. The van der Waals surface area contributed by atoms with E-state index < -0.39 is 0 Å². The van der Waals surface area contributed by atoms with E-state index in [0.29, 0.717) is 11.6 Å². The maximum Gasteiger partial charge on any atom is 0.242 e. The van der Waals surface area contributed by atoms with Crippen LogP contribution in [0.4, 0.5) is 11.5 Å². The van der Waals surface area contributed by atoms with Gasteiger partial charge in [0.25, 0.3) is 0 Å². The zero-order valence-electron chi connectivity index (χ0n) is 15.2. The highest BCUT2D eigenvalue weighted by Crippen LogP contribution is 2.20. The average molecular weight is 342 g/mol. The van der Waals surface area contributed by atoms with Crippen molar-refractivity contribution in [2.24, 2.45) is 0 Å². The number of aryl methyl sites for hydroxylation is 2. The van der Waals surface area contributed by atoms with Gasteiger partial charge in [-0.15, -0.1) is 0 Å². The molecule has 3 rings (SSSR count). The first-order valence-corrected chi connectivity index (χ1v) is 8.86. The second-order valence-electron chi connectivity index (χ2n) is 6.60. The molecule has 0 saturated carbocycles. The number of benzene rings is 1. The Hall–Kier alpha value is -2.34. The third kappa shape index (κ3) is 4.20. The molecule has 2 heterocycles. The lowest BCUT2D eigenvalue weighted by molar-refractivity contribution is -0.121. The third-order valence-corrected chi connectivity index (χ3v) is 4.69. The van der Waals surface area contributed by atoms with Crippen LogP contribution in [0.15, 0.2) is 34.9 Å². The predicted octanol–water partition coefficient (Wildman–Crippen LogP) is 2.83. The molecule has 25 heavy (non-hydrogen) atoms. The molecule has 6 nitrogen and oxygen atoms in total. The lowest BCUT2D eigenvalue weighted by Gasteiger charge is -2.39. The van der Waals surface area contributed by atoms with Crippen LogP contribution >= 0.6 is 0 Å². The summed E-state index contributed by atoms with van der Waals surface area (Å²) in [6.07, 6.45) is 0.771. The summed E-state index contributed by atoms with van der Waals surface area (Å²) in [7, 11) is 0. The summed E-state index contributed by atoms with van der Waals surface area (Å²) in [5, 5.41) is 6.71. The molecule has 134 valence electrons. The summed E-state index contributed by atoms with van der Waals surface area (Å²) in [5.41, 5.74) is 2.53. The van der Waals surface area contributed by atoms with Crippen molar-refractivity contribution in [3.63, 3.8) is 0 Å². The summed E-state index contributed by atoms with van der Waals surface area (Å²) in [6, 6.07) is 10.2. The lowest BCUT2D eigenvalue weighted by Crippen LogP contribution is -2.53. The predicted molar refractivity (Wildman–Crippen MR) is 98.9 cm³/mol. The van der Waals surface area contributed by atoms with Crippen molar-refractivity contribution < 1.29 is 9.32 Å². The van der Waals surface area contributed by atoms with Crippen LogP contribution in [0.1, 0.15) is 24.7 Å². The third-order valence-electron chi connectivity index (χ3n) is 4.69. The van der Waals surface area contributed by atoms with Gasteiger partial charge in [-0.2, -0.15) is 0 Å². The van der Waals surface area contributed by atoms with Crippen LogP contribution in [-0.4, -0.2) is 48.2 Å². The number of hydrogen-bond donors (Lipinski definition) is 1. The number of hydrogen-bond acceptors (Lipinski definition) is 5. The van der Waals surface area contributed by atoms with Crippen LogP contribution in [0, 0.1) is 13.8 Å². The minimum atomic E-state index is -0.142. The largest absolute Gasteiger partial charge is 0.369 e. The Morgan fingerprint density at radius 3 is 2.60 bits per heavy atom. The SMILES string of the molecule is CCC(C(=O)Nc1cc(C)on1)N1CCN(c2cccc(C)c2)CC1. The fraction of sp³-hybridized carbons (Fsp3) is 0.474. The number of anilines is 2. The first kappa shape index (κ1) is 17.5. The molecule has 0 aliphatic carbocycles. The van der Waals surface area contributed by atoms with Crippen LogP contribution in [0.2, 0.25) is 0 Å². The molecular weight excluding hydrogens is 316 g/mol. The first-order chi connectivity index (χ1) is 12.1. The topological polar surface area (TPSA) is 61.6 Å². The van der Waals surface area contributed by atoms with E-state index in [1.807, 2.05) is 13.8 Å². The number of amides is 1. The van der Waals surface area contributed by atoms with E-state index in [4.69, 9.17) is 4.52 Å². The molecular formula is C19H26N4O2. The highest BCUT2D eigenvalue weighted by Gasteiger charge is 2.28. The minimum Gasteiger partial charge on any atom is -0.369 e. The second-order valence-corrected chi connectivity index (χ2v) is 6.60. The van der Waals surface area contributed by atoms with Gasteiger partial charge in [0, 0.05) is 37.9 Å². The van der Waals surface area contributed by atoms with Crippen molar-refractivity contribution in [2.75, 3.05) is 36.4 Å². The van der Waals surface area contributed by atoms with Gasteiger partial charge in [0.05, 0.1) is 6.04 Å². The Kier molecular flexibility index (Phi) is 5.38. The Morgan fingerprint density at radius 1 is 1.24 bits per heavy atom. The molecule has 0 bridgehead atoms. The van der Waals surface area contributed by atoms with E-state index in [2.05, 4.69) is 51.5 Å². The number of nitrogens with one attached hydrogen (secondary N) is 1. The van der Waals surface area contributed by atoms with E-state index >= 15 is 0 Å². The highest BCUT2D eigenvalue weighted by molar-refractivity contribution is 5.94. The Morgan fingerprint density at radius 2 is 2.00 bits per heavy atom. The molecule has 1 aliphatic heterocycles. The van der Waals surface area contributed by atoms with Gasteiger partial charge in [0.15, 0.2) is 5.82 Å². The van der Waals surface area contributed by atoms with E-state index in [0.717, 1.165) is 32.6 Å². The molecule has 1 aliphatic rings. The van der Waals surface area contributed by atoms with E-state index in [1.165, 1.54) is 11.3 Å². The van der Waals surface area contributed by atoms with Gasteiger partial charge in [-0.05, 0) is 38.0 Å². The number of piperazine rings is 1. The molecule has 2 aromatic rings. The molecule has 0 radical (unpaired) electrons. The fourth-order valence-corrected chi connectivity index (χ4v) is 3.36. The molecule has 1 fully saturated rings. The maximum absolute atomic E-state index is 12.6. The van der Waals surface area contributed by atoms with Crippen molar-refractivity contribution in [1.82, 2.24) is 10.1 Å². The monoisotopic (exact) mass is 342 g/mol. The molecule has 1 aromatic carbocycles. The molecule has 1 N–H and O–H groups in total. The standard InChI is InChI=1S/C19H26N4O2/c1-4-17(19(24)20-18-13-15(3)25-21-18)23-10-8-22(9-11-23)16-7-5-6-14(2)12-16/h5-7,12-13,17H,4,8-11H2,1-3H3,(H,20,21,24). The van der Waals surface area contributed by atoms with Gasteiger partial charge in [0.2, 0.25) is 5.91 Å². The quantitative estimate of drug-likeness (QED) is 0.905. The van der Waals surface area contributed by atoms with E-state index in [-0.39, 0.29) is 11.9 Å². The van der Waals surface area contributed by atoms with Crippen molar-refractivity contribution in [1.29, 1.82) is 0 Å². The van der Waals surface area contributed by atoms with Crippen LogP contribution in [0.3, 0.4) is 0 Å². The van der Waals surface area contributed by atoms with Crippen LogP contribution < -0.4 is 10.2 Å². The van der Waals surface area contributed by atoms with Gasteiger partial charge in [-0.25, -0.2) is 0 Å². The molecule has 6 heteroatoms. The van der Waals surface area contributed by atoms with Crippen molar-refractivity contribution in [3.05, 3.63) is 41.7 Å². The van der Waals surface area contributed by atoms with Crippen LogP contribution in [0.5, 0.6) is 0 Å². The summed E-state index contributed by atoms with van der Waals surface area (Å²) in [6.45, 7) is 9.57. The lowest BCUT2D eigenvalue weighted by atomic mass is 10.1. The number of aromatic nitrogens is 1. The first-order valence-electron chi connectivity index (χ1n) is 8.86. The van der Waals surface area contributed by atoms with Gasteiger partial charge in [0.1, 0.15) is 5.76 Å². The molecule has 1 aromatic heterocycles. The number of carbonyl (C=O) groups is 1. The van der Waals surface area contributed by atoms with Crippen molar-refractivity contribution >= 4 is 17.4 Å². The molecule has 0 spiro atoms. The van der Waals surface area contributed by atoms with Crippen LogP contribution in [-0.2, 0) is 4.79 Å². The Labute approximate surface area is 148 Å². The smallest absolute Gasteiger partial charge is 0.242 e. The van der Waals surface area contributed by atoms with E-state index in [1.54, 1.807) is 6.07 Å². The second kappa shape index (κ2) is 7.70. The minimum absolute atomic E-state index is 0.0141. The summed E-state index contributed by atoms with van der Waals surface area (Å²) in [4.78, 5) is 17.2. The fourth-order valence-electron chi connectivity index (χ4n) is 3.36. The molecule has 1 unspecified atom stereocenters. The molecule has 1 amide bonds. The van der Waals surface area contributed by atoms with Crippen molar-refractivity contribution in [3.8, 4) is 0 Å². The normalized spacial score (nSPS) is 16.7. The number of nitrogens with zero attached hydrogens (tertiary/aromatic N) is 3. The molecule has 1 saturated heterocycles. The average Bonchev–Trinajstić information content (AvgIpc) is 3.01. The highest BCUT2D eigenvalue weighted by atomic mass is 16.5. The van der Waals surface area contributed by atoms with Crippen LogP contribution in [0.25, 0.3) is 0 Å². The van der Waals surface area contributed by atoms with Gasteiger partial charge in [-0.1, -0.05) is 24.2 Å². The Balaban J connectivity index is 1.59. The maximum atomic E-state index is 12.6. The molecule has 1 atom stereocenters. The van der Waals surface area contributed by atoms with Crippen molar-refractivity contribution in [2.45, 2.75) is 33.2 Å². The van der Waals surface area contributed by atoms with E-state index in [9.17, 15) is 4.79 Å². The number of carbonyl (C=O) groups excluding carboxylic acids is 1. The van der Waals surface area contributed by atoms with Gasteiger partial charge in [-0.3, -0.25) is 9.69 Å². The van der Waals surface area contributed by atoms with Gasteiger partial charge >= 0.3 is 0 Å².